The number of carbonyl (C=O) groups is 1. The Bertz CT molecular complexity index is 439. The molecule has 0 unspecified atom stereocenters. The molecule has 0 saturated carbocycles. The minimum atomic E-state index is -0.0427. The van der Waals surface area contributed by atoms with Crippen molar-refractivity contribution in [3.8, 4) is 0 Å². The Morgan fingerprint density at radius 1 is 1.37 bits per heavy atom. The molecule has 1 saturated heterocycles. The third-order valence-corrected chi connectivity index (χ3v) is 3.83. The highest BCUT2D eigenvalue weighted by molar-refractivity contribution is 7.98. The van der Waals surface area contributed by atoms with Crippen LogP contribution in [0.3, 0.4) is 0 Å². The Morgan fingerprint density at radius 2 is 2.05 bits per heavy atom. The molecule has 1 amide bonds. The zero-order valence-electron chi connectivity index (χ0n) is 11.1. The number of hydrazone groups is 1. The van der Waals surface area contributed by atoms with E-state index in [-0.39, 0.29) is 5.91 Å². The zero-order chi connectivity index (χ0) is 13.5. The van der Waals surface area contributed by atoms with Crippen LogP contribution in [0.4, 0.5) is 0 Å². The normalized spacial score (nSPS) is 16.1. The number of rotatable bonds is 5. The van der Waals surface area contributed by atoms with Crippen LogP contribution < -0.4 is 5.43 Å². The smallest absolute Gasteiger partial charge is 0.254 e. The van der Waals surface area contributed by atoms with Crippen LogP contribution in [-0.2, 0) is 4.79 Å². The van der Waals surface area contributed by atoms with E-state index in [1.807, 2.05) is 30.5 Å². The van der Waals surface area contributed by atoms with Crippen molar-refractivity contribution in [1.29, 1.82) is 0 Å². The summed E-state index contributed by atoms with van der Waals surface area (Å²) in [6.07, 6.45) is 6.10. The van der Waals surface area contributed by atoms with Gasteiger partial charge in [0.25, 0.3) is 5.91 Å². The predicted molar refractivity (Wildman–Crippen MR) is 79.6 cm³/mol. The first-order valence-electron chi connectivity index (χ1n) is 6.46. The van der Waals surface area contributed by atoms with Gasteiger partial charge in [-0.3, -0.25) is 9.69 Å². The van der Waals surface area contributed by atoms with E-state index < -0.39 is 0 Å². The Balaban J connectivity index is 1.76. The van der Waals surface area contributed by atoms with Gasteiger partial charge in [0.1, 0.15) is 0 Å². The van der Waals surface area contributed by atoms with E-state index in [2.05, 4.69) is 15.4 Å². The first-order valence-corrected chi connectivity index (χ1v) is 7.69. The highest BCUT2D eigenvalue weighted by Crippen LogP contribution is 2.13. The second-order valence-electron chi connectivity index (χ2n) is 4.55. The van der Waals surface area contributed by atoms with Crippen molar-refractivity contribution < 1.29 is 4.79 Å². The van der Waals surface area contributed by atoms with Crippen molar-refractivity contribution >= 4 is 23.9 Å². The second kappa shape index (κ2) is 7.31. The highest BCUT2D eigenvalue weighted by atomic mass is 32.2. The van der Waals surface area contributed by atoms with Gasteiger partial charge in [0, 0.05) is 4.90 Å². The molecule has 0 atom stereocenters. The summed E-state index contributed by atoms with van der Waals surface area (Å²) in [7, 11) is 0. The summed E-state index contributed by atoms with van der Waals surface area (Å²) in [6, 6.07) is 8.06. The van der Waals surface area contributed by atoms with Crippen molar-refractivity contribution in [2.45, 2.75) is 17.7 Å². The van der Waals surface area contributed by atoms with Crippen molar-refractivity contribution in [2.24, 2.45) is 5.10 Å². The van der Waals surface area contributed by atoms with Gasteiger partial charge in [-0.25, -0.2) is 5.43 Å². The van der Waals surface area contributed by atoms with Gasteiger partial charge in [0.15, 0.2) is 0 Å². The number of amides is 1. The topological polar surface area (TPSA) is 44.7 Å². The van der Waals surface area contributed by atoms with Gasteiger partial charge in [-0.1, -0.05) is 12.1 Å². The number of carbonyl (C=O) groups excluding carboxylic acids is 1. The van der Waals surface area contributed by atoms with Crippen LogP contribution in [0.5, 0.6) is 0 Å². The van der Waals surface area contributed by atoms with Gasteiger partial charge in [-0.05, 0) is 49.9 Å². The maximum absolute atomic E-state index is 11.6. The molecule has 5 heteroatoms. The van der Waals surface area contributed by atoms with Crippen LogP contribution >= 0.6 is 11.8 Å². The molecule has 1 heterocycles. The van der Waals surface area contributed by atoms with E-state index in [4.69, 9.17) is 0 Å². The standard InChI is InChI=1S/C14H19N3OS/c1-19-13-6-4-12(5-7-13)10-15-16-14(18)11-17-8-2-3-9-17/h4-7,10H,2-3,8-9,11H2,1H3,(H,16,18)/b15-10-. The number of hydrogen-bond acceptors (Lipinski definition) is 4. The maximum atomic E-state index is 11.6. The molecule has 1 N–H and O–H groups in total. The van der Waals surface area contributed by atoms with Gasteiger partial charge in [-0.2, -0.15) is 5.10 Å². The molecular weight excluding hydrogens is 258 g/mol. The summed E-state index contributed by atoms with van der Waals surface area (Å²) in [5, 5.41) is 3.98. The molecular formula is C14H19N3OS. The molecule has 0 radical (unpaired) electrons. The summed E-state index contributed by atoms with van der Waals surface area (Å²) in [4.78, 5) is 15.0. The number of thioether (sulfide) groups is 1. The van der Waals surface area contributed by atoms with Gasteiger partial charge < -0.3 is 0 Å². The van der Waals surface area contributed by atoms with Crippen LogP contribution in [0.15, 0.2) is 34.3 Å². The number of likely N-dealkylation sites (tertiary alicyclic amines) is 1. The fourth-order valence-corrected chi connectivity index (χ4v) is 2.46. The number of nitrogens with zero attached hydrogens (tertiary/aromatic N) is 2. The summed E-state index contributed by atoms with van der Waals surface area (Å²) in [5.41, 5.74) is 3.56. The third-order valence-electron chi connectivity index (χ3n) is 3.08. The van der Waals surface area contributed by atoms with E-state index in [0.29, 0.717) is 6.54 Å². The summed E-state index contributed by atoms with van der Waals surface area (Å²) in [6.45, 7) is 2.49. The zero-order valence-corrected chi connectivity index (χ0v) is 11.9. The Morgan fingerprint density at radius 3 is 2.68 bits per heavy atom. The van der Waals surface area contributed by atoms with Crippen molar-refractivity contribution in [3.63, 3.8) is 0 Å². The van der Waals surface area contributed by atoms with E-state index in [1.54, 1.807) is 18.0 Å². The first kappa shape index (κ1) is 14.1. The highest BCUT2D eigenvalue weighted by Gasteiger charge is 2.14. The molecule has 1 aliphatic rings. The molecule has 0 bridgehead atoms. The molecule has 1 aromatic rings. The lowest BCUT2D eigenvalue weighted by Gasteiger charge is -2.12. The number of hydrogen-bond donors (Lipinski definition) is 1. The SMILES string of the molecule is CSc1ccc(/C=N\NC(=O)CN2CCCC2)cc1. The van der Waals surface area contributed by atoms with Crippen LogP contribution in [0, 0.1) is 0 Å². The Kier molecular flexibility index (Phi) is 5.42. The Hall–Kier alpha value is -1.33. The second-order valence-corrected chi connectivity index (χ2v) is 5.43. The molecule has 2 rings (SSSR count). The van der Waals surface area contributed by atoms with Gasteiger partial charge >= 0.3 is 0 Å². The molecule has 4 nitrogen and oxygen atoms in total. The van der Waals surface area contributed by atoms with Crippen LogP contribution in [0.25, 0.3) is 0 Å². The summed E-state index contributed by atoms with van der Waals surface area (Å²) >= 11 is 1.70. The van der Waals surface area contributed by atoms with Crippen LogP contribution in [-0.4, -0.2) is 42.9 Å². The van der Waals surface area contributed by atoms with Crippen molar-refractivity contribution in [2.75, 3.05) is 25.9 Å². The molecule has 1 aliphatic heterocycles. The first-order chi connectivity index (χ1) is 9.28. The van der Waals surface area contributed by atoms with Crippen molar-refractivity contribution in [3.05, 3.63) is 29.8 Å². The van der Waals surface area contributed by atoms with E-state index >= 15 is 0 Å². The van der Waals surface area contributed by atoms with E-state index in [1.165, 1.54) is 17.7 Å². The molecule has 1 fully saturated rings. The molecule has 102 valence electrons. The van der Waals surface area contributed by atoms with Crippen LogP contribution in [0.1, 0.15) is 18.4 Å². The fourth-order valence-electron chi connectivity index (χ4n) is 2.05. The summed E-state index contributed by atoms with van der Waals surface area (Å²) < 4.78 is 0. The predicted octanol–water partition coefficient (Wildman–Crippen LogP) is 1.95. The monoisotopic (exact) mass is 277 g/mol. The molecule has 0 aliphatic carbocycles. The number of nitrogens with one attached hydrogen (secondary N) is 1. The minimum absolute atomic E-state index is 0.0427. The fraction of sp³-hybridized carbons (Fsp3) is 0.429. The third kappa shape index (κ3) is 4.69. The Labute approximate surface area is 118 Å². The average molecular weight is 277 g/mol. The quantitative estimate of drug-likeness (QED) is 0.508. The van der Waals surface area contributed by atoms with Crippen molar-refractivity contribution in [1.82, 2.24) is 10.3 Å². The molecule has 0 aromatic heterocycles. The summed E-state index contributed by atoms with van der Waals surface area (Å²) in [5.74, 6) is -0.0427. The minimum Gasteiger partial charge on any atom is -0.294 e. The lowest BCUT2D eigenvalue weighted by Crippen LogP contribution is -2.33. The number of benzene rings is 1. The van der Waals surface area contributed by atoms with Gasteiger partial charge in [0.2, 0.25) is 0 Å². The van der Waals surface area contributed by atoms with Crippen LogP contribution in [0.2, 0.25) is 0 Å². The van der Waals surface area contributed by atoms with Gasteiger partial charge in [0.05, 0.1) is 12.8 Å². The van der Waals surface area contributed by atoms with E-state index in [0.717, 1.165) is 18.7 Å². The van der Waals surface area contributed by atoms with E-state index in [9.17, 15) is 4.79 Å². The van der Waals surface area contributed by atoms with Gasteiger partial charge in [-0.15, -0.1) is 11.8 Å². The lowest BCUT2D eigenvalue weighted by molar-refractivity contribution is -0.121. The molecule has 0 spiro atoms. The lowest BCUT2D eigenvalue weighted by atomic mass is 10.2. The average Bonchev–Trinajstić information content (AvgIpc) is 2.92. The molecule has 19 heavy (non-hydrogen) atoms. The molecule has 1 aromatic carbocycles. The maximum Gasteiger partial charge on any atom is 0.254 e. The largest absolute Gasteiger partial charge is 0.294 e.